The van der Waals surface area contributed by atoms with Crippen molar-refractivity contribution in [1.29, 1.82) is 0 Å². The maximum absolute atomic E-state index is 11.9. The molecule has 0 saturated heterocycles. The van der Waals surface area contributed by atoms with E-state index in [1.165, 1.54) is 37.8 Å². The Morgan fingerprint density at radius 2 is 2.21 bits per heavy atom. The summed E-state index contributed by atoms with van der Waals surface area (Å²) in [5, 5.41) is 7.35. The number of carbonyl (C=O) groups excluding carboxylic acids is 1. The lowest BCUT2D eigenvalue weighted by atomic mass is 9.80. The van der Waals surface area contributed by atoms with Crippen molar-refractivity contribution in [1.82, 2.24) is 10.2 Å². The van der Waals surface area contributed by atoms with Gasteiger partial charge in [0.1, 0.15) is 0 Å². The lowest BCUT2D eigenvalue weighted by Gasteiger charge is -2.25. The summed E-state index contributed by atoms with van der Waals surface area (Å²) in [6.45, 7) is 2.25. The second-order valence-corrected chi connectivity index (χ2v) is 6.27. The van der Waals surface area contributed by atoms with Crippen LogP contribution in [-0.4, -0.2) is 22.8 Å². The van der Waals surface area contributed by atoms with E-state index < -0.39 is 0 Å². The fourth-order valence-corrected chi connectivity index (χ4v) is 4.71. The quantitative estimate of drug-likeness (QED) is 0.832. The van der Waals surface area contributed by atoms with Crippen molar-refractivity contribution >= 4 is 5.97 Å². The molecule has 0 bridgehead atoms. The van der Waals surface area contributed by atoms with Gasteiger partial charge in [0.15, 0.2) is 5.69 Å². The van der Waals surface area contributed by atoms with Crippen LogP contribution in [0.2, 0.25) is 0 Å². The Morgan fingerprint density at radius 3 is 2.95 bits per heavy atom. The van der Waals surface area contributed by atoms with Gasteiger partial charge in [0.25, 0.3) is 0 Å². The Labute approximate surface area is 112 Å². The van der Waals surface area contributed by atoms with Gasteiger partial charge in [-0.25, -0.2) is 4.79 Å². The Bertz CT molecular complexity index is 528. The van der Waals surface area contributed by atoms with Crippen LogP contribution in [0.4, 0.5) is 0 Å². The van der Waals surface area contributed by atoms with Crippen molar-refractivity contribution in [3.8, 4) is 0 Å². The lowest BCUT2D eigenvalue weighted by molar-refractivity contribution is 0.0518. The number of carbonyl (C=O) groups is 1. The number of hydrogen-bond acceptors (Lipinski definition) is 3. The van der Waals surface area contributed by atoms with Gasteiger partial charge in [-0.2, -0.15) is 5.10 Å². The molecule has 0 aromatic carbocycles. The molecule has 4 nitrogen and oxygen atoms in total. The van der Waals surface area contributed by atoms with Crippen LogP contribution in [0.5, 0.6) is 0 Å². The molecule has 0 amide bonds. The molecule has 19 heavy (non-hydrogen) atoms. The van der Waals surface area contributed by atoms with Gasteiger partial charge in [-0.3, -0.25) is 5.10 Å². The minimum atomic E-state index is -0.265. The number of fused-ring (bicyclic) bond motifs is 5. The van der Waals surface area contributed by atoms with Crippen molar-refractivity contribution < 1.29 is 9.53 Å². The van der Waals surface area contributed by atoms with Crippen LogP contribution < -0.4 is 0 Å². The third-order valence-electron chi connectivity index (χ3n) is 5.54. The highest BCUT2D eigenvalue weighted by Gasteiger charge is 2.68. The van der Waals surface area contributed by atoms with E-state index in [9.17, 15) is 4.79 Å². The normalized spacial score (nSPS) is 29.9. The van der Waals surface area contributed by atoms with Gasteiger partial charge >= 0.3 is 5.97 Å². The first kappa shape index (κ1) is 11.5. The van der Waals surface area contributed by atoms with E-state index in [0.29, 0.717) is 23.6 Å². The van der Waals surface area contributed by atoms with Gasteiger partial charge in [0.2, 0.25) is 0 Å². The van der Waals surface area contributed by atoms with E-state index in [4.69, 9.17) is 4.74 Å². The highest BCUT2D eigenvalue weighted by molar-refractivity contribution is 5.89. The number of H-pyrrole nitrogens is 1. The summed E-state index contributed by atoms with van der Waals surface area (Å²) in [6, 6.07) is 0. The number of aromatic nitrogens is 2. The van der Waals surface area contributed by atoms with Crippen molar-refractivity contribution in [2.24, 2.45) is 11.3 Å². The van der Waals surface area contributed by atoms with Gasteiger partial charge in [-0.15, -0.1) is 0 Å². The maximum atomic E-state index is 11.9. The maximum Gasteiger partial charge on any atom is 0.359 e. The average molecular weight is 260 g/mol. The van der Waals surface area contributed by atoms with Crippen LogP contribution in [0.15, 0.2) is 0 Å². The zero-order valence-electron chi connectivity index (χ0n) is 11.4. The molecule has 0 aliphatic heterocycles. The molecule has 1 heterocycles. The molecule has 1 aromatic heterocycles. The Morgan fingerprint density at radius 1 is 1.42 bits per heavy atom. The first-order valence-electron chi connectivity index (χ1n) is 7.52. The monoisotopic (exact) mass is 260 g/mol. The first-order chi connectivity index (χ1) is 9.28. The van der Waals surface area contributed by atoms with Gasteiger partial charge < -0.3 is 4.74 Å². The summed E-state index contributed by atoms with van der Waals surface area (Å²) >= 11 is 0. The van der Waals surface area contributed by atoms with Crippen LogP contribution in [0, 0.1) is 11.3 Å². The predicted octanol–water partition coefficient (Wildman–Crippen LogP) is 2.81. The summed E-state index contributed by atoms with van der Waals surface area (Å²) in [4.78, 5) is 11.9. The van der Waals surface area contributed by atoms with Crippen LogP contribution >= 0.6 is 0 Å². The SMILES string of the molecule is CCOC(=O)c1n[nH]c2c1CC1C2C12CCCCC2. The molecule has 4 heteroatoms. The number of ether oxygens (including phenoxy) is 1. The van der Waals surface area contributed by atoms with Gasteiger partial charge in [0.05, 0.1) is 6.61 Å². The fourth-order valence-electron chi connectivity index (χ4n) is 4.71. The second kappa shape index (κ2) is 3.84. The number of aromatic amines is 1. The molecule has 1 N–H and O–H groups in total. The van der Waals surface area contributed by atoms with Crippen LogP contribution in [0.3, 0.4) is 0 Å². The smallest absolute Gasteiger partial charge is 0.359 e. The molecule has 1 aromatic rings. The van der Waals surface area contributed by atoms with Crippen LogP contribution in [-0.2, 0) is 11.2 Å². The standard InChI is InChI=1S/C15H20N2O2/c1-2-19-14(18)13-9-8-10-11(12(9)16-17-13)15(10)6-4-3-5-7-15/h10-11H,2-8H2,1H3,(H,16,17). The minimum absolute atomic E-state index is 0.265. The van der Waals surface area contributed by atoms with Crippen molar-refractivity contribution in [3.05, 3.63) is 17.0 Å². The molecule has 0 radical (unpaired) electrons. The minimum Gasteiger partial charge on any atom is -0.461 e. The van der Waals surface area contributed by atoms with E-state index in [-0.39, 0.29) is 5.97 Å². The summed E-state index contributed by atoms with van der Waals surface area (Å²) < 4.78 is 5.08. The molecular weight excluding hydrogens is 240 g/mol. The third-order valence-corrected chi connectivity index (χ3v) is 5.54. The molecule has 3 aliphatic carbocycles. The Balaban J connectivity index is 1.61. The largest absolute Gasteiger partial charge is 0.461 e. The zero-order valence-corrected chi connectivity index (χ0v) is 11.4. The summed E-state index contributed by atoms with van der Waals surface area (Å²) in [7, 11) is 0. The number of hydrogen-bond donors (Lipinski definition) is 1. The fraction of sp³-hybridized carbons (Fsp3) is 0.733. The van der Waals surface area contributed by atoms with E-state index in [0.717, 1.165) is 17.9 Å². The van der Waals surface area contributed by atoms with E-state index in [1.807, 2.05) is 6.92 Å². The highest BCUT2D eigenvalue weighted by Crippen LogP contribution is 2.75. The number of nitrogens with zero attached hydrogens (tertiary/aromatic N) is 1. The van der Waals surface area contributed by atoms with Gasteiger partial charge in [-0.05, 0) is 37.5 Å². The topological polar surface area (TPSA) is 55.0 Å². The van der Waals surface area contributed by atoms with Crippen LogP contribution in [0.25, 0.3) is 0 Å². The molecule has 2 saturated carbocycles. The lowest BCUT2D eigenvalue weighted by Crippen LogP contribution is -2.15. The van der Waals surface area contributed by atoms with Crippen molar-refractivity contribution in [2.45, 2.75) is 51.4 Å². The summed E-state index contributed by atoms with van der Waals surface area (Å²) in [5.74, 6) is 1.16. The van der Waals surface area contributed by atoms with Gasteiger partial charge in [0, 0.05) is 17.2 Å². The molecule has 102 valence electrons. The van der Waals surface area contributed by atoms with Crippen molar-refractivity contribution in [3.63, 3.8) is 0 Å². The van der Waals surface area contributed by atoms with Crippen molar-refractivity contribution in [2.75, 3.05) is 6.61 Å². The second-order valence-electron chi connectivity index (χ2n) is 6.27. The Kier molecular flexibility index (Phi) is 2.32. The van der Waals surface area contributed by atoms with Crippen LogP contribution in [0.1, 0.15) is 66.7 Å². The molecule has 3 aliphatic rings. The Hall–Kier alpha value is -1.32. The van der Waals surface area contributed by atoms with E-state index >= 15 is 0 Å². The summed E-state index contributed by atoms with van der Waals surface area (Å²) in [6.07, 6.45) is 7.92. The number of rotatable bonds is 2. The van der Waals surface area contributed by atoms with E-state index in [1.54, 1.807) is 0 Å². The average Bonchev–Trinajstić information content (AvgIpc) is 2.79. The molecule has 4 rings (SSSR count). The molecule has 2 fully saturated rings. The first-order valence-corrected chi connectivity index (χ1v) is 7.52. The number of esters is 1. The predicted molar refractivity (Wildman–Crippen MR) is 70.0 cm³/mol. The molecular formula is C15H20N2O2. The zero-order chi connectivity index (χ0) is 13.0. The third kappa shape index (κ3) is 1.40. The number of nitrogens with one attached hydrogen (secondary N) is 1. The molecule has 2 unspecified atom stereocenters. The summed E-state index contributed by atoms with van der Waals surface area (Å²) in [5.41, 5.74) is 3.48. The molecule has 1 spiro atoms. The van der Waals surface area contributed by atoms with E-state index in [2.05, 4.69) is 10.2 Å². The molecule has 2 atom stereocenters. The van der Waals surface area contributed by atoms with Gasteiger partial charge in [-0.1, -0.05) is 19.3 Å². The highest BCUT2D eigenvalue weighted by atomic mass is 16.5.